The van der Waals surface area contributed by atoms with Gasteiger partial charge in [-0.25, -0.2) is 0 Å². The molecule has 0 aliphatic carbocycles. The van der Waals surface area contributed by atoms with Crippen LogP contribution in [0, 0.1) is 12.8 Å². The van der Waals surface area contributed by atoms with Gasteiger partial charge in [-0.05, 0) is 60.7 Å². The van der Waals surface area contributed by atoms with Crippen molar-refractivity contribution in [2.75, 3.05) is 19.0 Å². The highest BCUT2D eigenvalue weighted by molar-refractivity contribution is 6.31. The number of carbonyl (C=O) groups is 1. The molecule has 0 atom stereocenters. The first-order valence-electron chi connectivity index (χ1n) is 8.95. The van der Waals surface area contributed by atoms with Crippen LogP contribution in [-0.2, 0) is 4.79 Å². The van der Waals surface area contributed by atoms with E-state index in [1.165, 1.54) is 6.08 Å². The first kappa shape index (κ1) is 20.8. The van der Waals surface area contributed by atoms with Crippen LogP contribution in [0.5, 0.6) is 11.5 Å². The van der Waals surface area contributed by atoms with Crippen LogP contribution >= 0.6 is 11.6 Å². The van der Waals surface area contributed by atoms with Crippen LogP contribution in [0.15, 0.2) is 42.5 Å². The molecule has 0 saturated carbocycles. The van der Waals surface area contributed by atoms with E-state index in [1.807, 2.05) is 31.2 Å². The summed E-state index contributed by atoms with van der Waals surface area (Å²) in [5, 5.41) is 3.41. The Kier molecular flexibility index (Phi) is 7.74. The quantitative estimate of drug-likeness (QED) is 0.588. The molecule has 2 aromatic rings. The summed E-state index contributed by atoms with van der Waals surface area (Å²) in [5.74, 6) is 1.71. The lowest BCUT2D eigenvalue weighted by atomic mass is 10.1. The third-order valence-electron chi connectivity index (χ3n) is 4.03. The molecule has 5 heteroatoms. The number of hydrogen-bond acceptors (Lipinski definition) is 3. The second kappa shape index (κ2) is 10.0. The Morgan fingerprint density at radius 2 is 1.96 bits per heavy atom. The fourth-order valence-corrected chi connectivity index (χ4v) is 2.56. The number of halogens is 1. The molecule has 0 unspecified atom stereocenters. The normalized spacial score (nSPS) is 11.0. The Bertz CT molecular complexity index is 815. The summed E-state index contributed by atoms with van der Waals surface area (Å²) in [5.41, 5.74) is 2.50. The maximum absolute atomic E-state index is 12.2. The van der Waals surface area contributed by atoms with E-state index in [0.29, 0.717) is 34.7 Å². The molecule has 0 radical (unpaired) electrons. The largest absolute Gasteiger partial charge is 0.493 e. The van der Waals surface area contributed by atoms with Gasteiger partial charge >= 0.3 is 0 Å². The second-order valence-corrected chi connectivity index (χ2v) is 7.16. The molecule has 144 valence electrons. The molecule has 0 spiro atoms. The summed E-state index contributed by atoms with van der Waals surface area (Å²) in [7, 11) is 1.60. The Hall–Kier alpha value is -2.46. The van der Waals surface area contributed by atoms with Crippen LogP contribution in [0.4, 0.5) is 5.69 Å². The monoisotopic (exact) mass is 387 g/mol. The average Bonchev–Trinajstić information content (AvgIpc) is 2.63. The number of amides is 1. The molecule has 1 N–H and O–H groups in total. The molecule has 0 aromatic heterocycles. The number of anilines is 1. The zero-order valence-electron chi connectivity index (χ0n) is 16.2. The number of ether oxygens (including phenoxy) is 2. The van der Waals surface area contributed by atoms with Gasteiger partial charge in [0.1, 0.15) is 0 Å². The molecule has 27 heavy (non-hydrogen) atoms. The third kappa shape index (κ3) is 6.65. The van der Waals surface area contributed by atoms with Crippen LogP contribution in [0.1, 0.15) is 31.4 Å². The highest BCUT2D eigenvalue weighted by atomic mass is 35.5. The SMILES string of the molecule is COc1cc(/C=C/C(=O)Nc2cc(Cl)ccc2C)ccc1OCCC(C)C. The minimum absolute atomic E-state index is 0.225. The molecule has 4 nitrogen and oxygen atoms in total. The summed E-state index contributed by atoms with van der Waals surface area (Å²) in [6.45, 7) is 6.87. The molecular formula is C22H26ClNO3. The number of rotatable bonds is 8. The summed E-state index contributed by atoms with van der Waals surface area (Å²) in [6.07, 6.45) is 4.19. The van der Waals surface area contributed by atoms with Gasteiger partial charge in [0.05, 0.1) is 13.7 Å². The molecule has 2 rings (SSSR count). The van der Waals surface area contributed by atoms with Gasteiger partial charge in [-0.1, -0.05) is 37.6 Å². The van der Waals surface area contributed by atoms with Crippen LogP contribution in [0.2, 0.25) is 5.02 Å². The van der Waals surface area contributed by atoms with Crippen molar-refractivity contribution in [1.82, 2.24) is 0 Å². The highest BCUT2D eigenvalue weighted by Gasteiger charge is 2.06. The van der Waals surface area contributed by atoms with Gasteiger partial charge in [-0.3, -0.25) is 4.79 Å². The van der Waals surface area contributed by atoms with Gasteiger partial charge in [-0.2, -0.15) is 0 Å². The van der Waals surface area contributed by atoms with Crippen LogP contribution < -0.4 is 14.8 Å². The molecular weight excluding hydrogens is 362 g/mol. The van der Waals surface area contributed by atoms with Crippen molar-refractivity contribution >= 4 is 29.3 Å². The number of aryl methyl sites for hydroxylation is 1. The van der Waals surface area contributed by atoms with Crippen molar-refractivity contribution in [2.24, 2.45) is 5.92 Å². The molecule has 0 heterocycles. The van der Waals surface area contributed by atoms with E-state index in [4.69, 9.17) is 21.1 Å². The van der Waals surface area contributed by atoms with Crippen molar-refractivity contribution in [1.29, 1.82) is 0 Å². The van der Waals surface area contributed by atoms with E-state index in [-0.39, 0.29) is 5.91 Å². The zero-order valence-corrected chi connectivity index (χ0v) is 17.0. The van der Waals surface area contributed by atoms with Gasteiger partial charge in [0.15, 0.2) is 11.5 Å². The van der Waals surface area contributed by atoms with E-state index >= 15 is 0 Å². The second-order valence-electron chi connectivity index (χ2n) is 6.72. The molecule has 2 aromatic carbocycles. The molecule has 0 saturated heterocycles. The lowest BCUT2D eigenvalue weighted by Crippen LogP contribution is -2.08. The Morgan fingerprint density at radius 1 is 1.19 bits per heavy atom. The number of methoxy groups -OCH3 is 1. The van der Waals surface area contributed by atoms with Gasteiger partial charge in [0.2, 0.25) is 5.91 Å². The van der Waals surface area contributed by atoms with Crippen molar-refractivity contribution in [3.05, 3.63) is 58.6 Å². The van der Waals surface area contributed by atoms with E-state index in [0.717, 1.165) is 17.5 Å². The number of hydrogen-bond donors (Lipinski definition) is 1. The summed E-state index contributed by atoms with van der Waals surface area (Å²) in [6, 6.07) is 11.0. The van der Waals surface area contributed by atoms with Gasteiger partial charge < -0.3 is 14.8 Å². The fourth-order valence-electron chi connectivity index (χ4n) is 2.39. The Morgan fingerprint density at radius 3 is 2.67 bits per heavy atom. The maximum Gasteiger partial charge on any atom is 0.248 e. The number of nitrogens with one attached hydrogen (secondary N) is 1. The first-order valence-corrected chi connectivity index (χ1v) is 9.33. The van der Waals surface area contributed by atoms with Crippen LogP contribution in [-0.4, -0.2) is 19.6 Å². The topological polar surface area (TPSA) is 47.6 Å². The van der Waals surface area contributed by atoms with Gasteiger partial charge in [0, 0.05) is 16.8 Å². The van der Waals surface area contributed by atoms with Crippen molar-refractivity contribution in [3.8, 4) is 11.5 Å². The minimum atomic E-state index is -0.225. The predicted octanol–water partition coefficient (Wildman–Crippen LogP) is 5.73. The van der Waals surface area contributed by atoms with E-state index in [9.17, 15) is 4.79 Å². The standard InChI is InChI=1S/C22H26ClNO3/c1-15(2)11-12-27-20-9-6-17(13-21(20)26-4)7-10-22(25)24-19-14-18(23)8-5-16(19)3/h5-10,13-15H,11-12H2,1-4H3,(H,24,25)/b10-7+. The third-order valence-corrected chi connectivity index (χ3v) is 4.26. The van der Waals surface area contributed by atoms with Crippen LogP contribution in [0.3, 0.4) is 0 Å². The van der Waals surface area contributed by atoms with E-state index < -0.39 is 0 Å². The minimum Gasteiger partial charge on any atom is -0.493 e. The maximum atomic E-state index is 12.2. The van der Waals surface area contributed by atoms with Crippen molar-refractivity contribution in [3.63, 3.8) is 0 Å². The van der Waals surface area contributed by atoms with E-state index in [1.54, 1.807) is 25.3 Å². The lowest BCUT2D eigenvalue weighted by Gasteiger charge is -2.12. The van der Waals surface area contributed by atoms with Crippen LogP contribution in [0.25, 0.3) is 6.08 Å². The summed E-state index contributed by atoms with van der Waals surface area (Å²) < 4.78 is 11.2. The molecule has 0 aliphatic rings. The number of benzene rings is 2. The average molecular weight is 388 g/mol. The Balaban J connectivity index is 2.03. The predicted molar refractivity (Wildman–Crippen MR) is 112 cm³/mol. The van der Waals surface area contributed by atoms with Crippen molar-refractivity contribution in [2.45, 2.75) is 27.2 Å². The first-order chi connectivity index (χ1) is 12.9. The molecule has 0 bridgehead atoms. The van der Waals surface area contributed by atoms with Crippen molar-refractivity contribution < 1.29 is 14.3 Å². The smallest absolute Gasteiger partial charge is 0.248 e. The van der Waals surface area contributed by atoms with Gasteiger partial charge in [0.25, 0.3) is 0 Å². The summed E-state index contributed by atoms with van der Waals surface area (Å²) in [4.78, 5) is 12.2. The summed E-state index contributed by atoms with van der Waals surface area (Å²) >= 11 is 5.98. The number of carbonyl (C=O) groups excluding carboxylic acids is 1. The van der Waals surface area contributed by atoms with Gasteiger partial charge in [-0.15, -0.1) is 0 Å². The fraction of sp³-hybridized carbons (Fsp3) is 0.318. The lowest BCUT2D eigenvalue weighted by molar-refractivity contribution is -0.111. The molecule has 0 aliphatic heterocycles. The van der Waals surface area contributed by atoms with E-state index in [2.05, 4.69) is 19.2 Å². The Labute approximate surface area is 166 Å². The highest BCUT2D eigenvalue weighted by Crippen LogP contribution is 2.29. The molecule has 0 fully saturated rings. The molecule has 1 amide bonds. The zero-order chi connectivity index (χ0) is 19.8.